The van der Waals surface area contributed by atoms with Gasteiger partial charge < -0.3 is 5.73 Å². The minimum absolute atomic E-state index is 0.0515. The molecule has 130 valence electrons. The molecular weight excluding hydrogens is 380 g/mol. The van der Waals surface area contributed by atoms with Gasteiger partial charge in [0.1, 0.15) is 4.83 Å². The van der Waals surface area contributed by atoms with Gasteiger partial charge in [-0.05, 0) is 18.4 Å². The Morgan fingerprint density at radius 2 is 2.20 bits per heavy atom. The van der Waals surface area contributed by atoms with E-state index in [0.29, 0.717) is 21.9 Å². The minimum atomic E-state index is -0.902. The van der Waals surface area contributed by atoms with E-state index in [1.165, 1.54) is 15.9 Å². The second kappa shape index (κ2) is 7.38. The second-order valence-electron chi connectivity index (χ2n) is 4.95. The first kappa shape index (κ1) is 17.6. The summed E-state index contributed by atoms with van der Waals surface area (Å²) in [7, 11) is 0. The summed E-state index contributed by atoms with van der Waals surface area (Å²) in [5.41, 5.74) is 5.67. The fraction of sp³-hybridized carbons (Fsp3) is 0.200. The van der Waals surface area contributed by atoms with Gasteiger partial charge in [-0.25, -0.2) is 9.78 Å². The number of rotatable bonds is 5. The number of thiophene rings is 2. The van der Waals surface area contributed by atoms with E-state index in [9.17, 15) is 14.4 Å². The Labute approximate surface area is 154 Å². The largest absolute Gasteiger partial charge is 0.351 e. The Kier molecular flexibility index (Phi) is 5.21. The van der Waals surface area contributed by atoms with Crippen molar-refractivity contribution in [3.8, 4) is 10.4 Å². The van der Waals surface area contributed by atoms with Crippen LogP contribution in [0.15, 0.2) is 32.8 Å². The molecule has 0 fully saturated rings. The van der Waals surface area contributed by atoms with Crippen molar-refractivity contribution in [1.82, 2.24) is 14.9 Å². The van der Waals surface area contributed by atoms with E-state index < -0.39 is 11.9 Å². The highest BCUT2D eigenvalue weighted by atomic mass is 32.2. The lowest BCUT2D eigenvalue weighted by Crippen LogP contribution is -2.36. The zero-order valence-corrected chi connectivity index (χ0v) is 15.6. The van der Waals surface area contributed by atoms with Crippen LogP contribution in [0.2, 0.25) is 0 Å². The molecule has 0 aliphatic carbocycles. The molecule has 3 aromatic rings. The monoisotopic (exact) mass is 394 g/mol. The molecule has 3 aromatic heterocycles. The summed E-state index contributed by atoms with van der Waals surface area (Å²) >= 11 is 4.07. The standard InChI is InChI=1S/C15H14N4O3S3/c1-2-19-13(21)11-8(9-4-3-5-23-9)6-24-12(11)18-15(19)25-7-10(20)17-14(16)22/h3-6H,2,7H2,1H3,(H3,16,17,20,22). The molecule has 0 aliphatic heterocycles. The van der Waals surface area contributed by atoms with Gasteiger partial charge in [0.15, 0.2) is 5.16 Å². The van der Waals surface area contributed by atoms with Crippen molar-refractivity contribution < 1.29 is 9.59 Å². The topological polar surface area (TPSA) is 107 Å². The maximum Gasteiger partial charge on any atom is 0.318 e. The number of aromatic nitrogens is 2. The smallest absolute Gasteiger partial charge is 0.318 e. The number of urea groups is 1. The summed E-state index contributed by atoms with van der Waals surface area (Å²) in [6, 6.07) is 3.01. The molecule has 0 atom stereocenters. The Balaban J connectivity index is 2.00. The van der Waals surface area contributed by atoms with E-state index >= 15 is 0 Å². The first-order valence-corrected chi connectivity index (χ1v) is 10.0. The Bertz CT molecular complexity index is 992. The summed E-state index contributed by atoms with van der Waals surface area (Å²) in [5, 5.41) is 6.93. The number of hydrogen-bond acceptors (Lipinski definition) is 7. The Morgan fingerprint density at radius 1 is 1.40 bits per heavy atom. The van der Waals surface area contributed by atoms with E-state index in [1.54, 1.807) is 11.3 Å². The zero-order valence-electron chi connectivity index (χ0n) is 13.1. The molecule has 0 spiro atoms. The van der Waals surface area contributed by atoms with Crippen LogP contribution in [0.25, 0.3) is 20.7 Å². The molecule has 3 N–H and O–H groups in total. The molecule has 0 aromatic carbocycles. The average Bonchev–Trinajstić information content (AvgIpc) is 3.21. The lowest BCUT2D eigenvalue weighted by atomic mass is 10.2. The van der Waals surface area contributed by atoms with Gasteiger partial charge in [-0.1, -0.05) is 17.8 Å². The van der Waals surface area contributed by atoms with Crippen molar-refractivity contribution in [3.63, 3.8) is 0 Å². The Morgan fingerprint density at radius 3 is 2.84 bits per heavy atom. The van der Waals surface area contributed by atoms with E-state index in [1.807, 2.05) is 35.1 Å². The first-order valence-electron chi connectivity index (χ1n) is 7.29. The van der Waals surface area contributed by atoms with E-state index in [-0.39, 0.29) is 11.3 Å². The fourth-order valence-electron chi connectivity index (χ4n) is 2.31. The number of carbonyl (C=O) groups excluding carboxylic acids is 2. The van der Waals surface area contributed by atoms with Crippen LogP contribution in [0.4, 0.5) is 4.79 Å². The number of carbonyl (C=O) groups is 2. The molecule has 10 heteroatoms. The molecular formula is C15H14N4O3S3. The molecule has 0 aliphatic rings. The van der Waals surface area contributed by atoms with Crippen molar-refractivity contribution in [2.45, 2.75) is 18.6 Å². The highest BCUT2D eigenvalue weighted by Gasteiger charge is 2.18. The third kappa shape index (κ3) is 3.60. The third-order valence-corrected chi connectivity index (χ3v) is 6.11. The number of hydrogen-bond donors (Lipinski definition) is 2. The number of amides is 3. The fourth-order valence-corrected chi connectivity index (χ4v) is 4.98. The van der Waals surface area contributed by atoms with Crippen molar-refractivity contribution in [3.05, 3.63) is 33.2 Å². The van der Waals surface area contributed by atoms with Crippen LogP contribution in [0.3, 0.4) is 0 Å². The van der Waals surface area contributed by atoms with Crippen LogP contribution in [0.1, 0.15) is 6.92 Å². The van der Waals surface area contributed by atoms with Gasteiger partial charge in [0.25, 0.3) is 5.56 Å². The number of fused-ring (bicyclic) bond motifs is 1. The van der Waals surface area contributed by atoms with Gasteiger partial charge in [-0.15, -0.1) is 22.7 Å². The van der Waals surface area contributed by atoms with Gasteiger partial charge in [0.05, 0.1) is 11.1 Å². The normalized spacial score (nSPS) is 10.9. The summed E-state index contributed by atoms with van der Waals surface area (Å²) in [4.78, 5) is 41.4. The average molecular weight is 395 g/mol. The van der Waals surface area contributed by atoms with Gasteiger partial charge in [-0.3, -0.25) is 19.5 Å². The van der Waals surface area contributed by atoms with E-state index in [0.717, 1.165) is 22.2 Å². The molecule has 0 bridgehead atoms. The van der Waals surface area contributed by atoms with Crippen molar-refractivity contribution in [2.75, 3.05) is 5.75 Å². The second-order valence-corrected chi connectivity index (χ2v) is 7.70. The van der Waals surface area contributed by atoms with Crippen molar-refractivity contribution in [2.24, 2.45) is 5.73 Å². The molecule has 0 saturated carbocycles. The van der Waals surface area contributed by atoms with Crippen molar-refractivity contribution in [1.29, 1.82) is 0 Å². The number of nitrogens with two attached hydrogens (primary N) is 1. The summed E-state index contributed by atoms with van der Waals surface area (Å²) < 4.78 is 1.54. The molecule has 3 heterocycles. The van der Waals surface area contributed by atoms with Crippen LogP contribution < -0.4 is 16.6 Å². The highest BCUT2D eigenvalue weighted by Crippen LogP contribution is 2.34. The van der Waals surface area contributed by atoms with E-state index in [2.05, 4.69) is 4.98 Å². The molecule has 3 amide bonds. The number of thioether (sulfide) groups is 1. The number of nitrogens with one attached hydrogen (secondary N) is 1. The highest BCUT2D eigenvalue weighted by molar-refractivity contribution is 7.99. The molecule has 0 radical (unpaired) electrons. The van der Waals surface area contributed by atoms with Crippen LogP contribution in [-0.4, -0.2) is 27.2 Å². The number of imide groups is 1. The summed E-state index contributed by atoms with van der Waals surface area (Å²) in [5.74, 6) is -0.579. The van der Waals surface area contributed by atoms with Gasteiger partial charge in [-0.2, -0.15) is 0 Å². The number of primary amides is 1. The Hall–Kier alpha value is -2.17. The maximum absolute atomic E-state index is 12.9. The van der Waals surface area contributed by atoms with Crippen LogP contribution in [0, 0.1) is 0 Å². The predicted molar refractivity (Wildman–Crippen MR) is 101 cm³/mol. The maximum atomic E-state index is 12.9. The van der Waals surface area contributed by atoms with E-state index in [4.69, 9.17) is 5.73 Å². The molecule has 7 nitrogen and oxygen atoms in total. The molecule has 0 unspecified atom stereocenters. The van der Waals surface area contributed by atoms with Crippen LogP contribution >= 0.6 is 34.4 Å². The first-order chi connectivity index (χ1) is 12.0. The summed E-state index contributed by atoms with van der Waals surface area (Å²) in [6.07, 6.45) is 0. The van der Waals surface area contributed by atoms with Crippen LogP contribution in [0.5, 0.6) is 0 Å². The minimum Gasteiger partial charge on any atom is -0.351 e. The zero-order chi connectivity index (χ0) is 18.0. The predicted octanol–water partition coefficient (Wildman–Crippen LogP) is 2.49. The van der Waals surface area contributed by atoms with Gasteiger partial charge in [0, 0.05) is 22.4 Å². The summed E-state index contributed by atoms with van der Waals surface area (Å²) in [6.45, 7) is 2.28. The third-order valence-electron chi connectivity index (χ3n) is 3.36. The van der Waals surface area contributed by atoms with Crippen LogP contribution in [-0.2, 0) is 11.3 Å². The molecule has 3 rings (SSSR count). The van der Waals surface area contributed by atoms with Crippen molar-refractivity contribution >= 4 is 56.6 Å². The SMILES string of the molecule is CCn1c(SCC(=O)NC(N)=O)nc2scc(-c3cccs3)c2c1=O. The molecule has 0 saturated heterocycles. The van der Waals surface area contributed by atoms with Gasteiger partial charge in [0.2, 0.25) is 5.91 Å². The lowest BCUT2D eigenvalue weighted by Gasteiger charge is -2.10. The molecule has 25 heavy (non-hydrogen) atoms. The van der Waals surface area contributed by atoms with Gasteiger partial charge >= 0.3 is 6.03 Å². The number of nitrogens with zero attached hydrogens (tertiary/aromatic N) is 2. The quantitative estimate of drug-likeness (QED) is 0.511. The lowest BCUT2D eigenvalue weighted by molar-refractivity contribution is -0.117.